The zero-order chi connectivity index (χ0) is 17.1. The van der Waals surface area contributed by atoms with E-state index >= 15 is 0 Å². The molecule has 128 valence electrons. The first-order valence-corrected chi connectivity index (χ1v) is 8.50. The number of hydrogen-bond donors (Lipinski definition) is 1. The van der Waals surface area contributed by atoms with E-state index in [1.165, 1.54) is 10.9 Å². The number of pyridine rings is 1. The first-order chi connectivity index (χ1) is 12.3. The second kappa shape index (κ2) is 7.13. The number of hydrogen-bond acceptors (Lipinski definition) is 6. The van der Waals surface area contributed by atoms with Gasteiger partial charge in [-0.25, -0.2) is 4.98 Å². The van der Waals surface area contributed by atoms with Crippen LogP contribution in [0.25, 0.3) is 10.9 Å². The number of anilines is 1. The molecule has 4 rings (SSSR count). The Kier molecular flexibility index (Phi) is 4.54. The molecule has 1 aromatic carbocycles. The second-order valence-electron chi connectivity index (χ2n) is 6.17. The Morgan fingerprint density at radius 3 is 3.00 bits per heavy atom. The van der Waals surface area contributed by atoms with E-state index in [1.54, 1.807) is 12.4 Å². The van der Waals surface area contributed by atoms with Crippen molar-refractivity contribution in [2.24, 2.45) is 0 Å². The first-order valence-electron chi connectivity index (χ1n) is 8.50. The second-order valence-corrected chi connectivity index (χ2v) is 6.17. The summed E-state index contributed by atoms with van der Waals surface area (Å²) in [7, 11) is 1.86. The van der Waals surface area contributed by atoms with Gasteiger partial charge in [0.1, 0.15) is 17.6 Å². The minimum absolute atomic E-state index is 0.0629. The number of fused-ring (bicyclic) bond motifs is 1. The molecule has 1 aliphatic rings. The van der Waals surface area contributed by atoms with E-state index in [0.717, 1.165) is 36.7 Å². The zero-order valence-corrected chi connectivity index (χ0v) is 14.2. The zero-order valence-electron chi connectivity index (χ0n) is 14.2. The molecule has 1 N–H and O–H groups in total. The first kappa shape index (κ1) is 15.9. The number of nitrogens with one attached hydrogen (secondary N) is 1. The van der Waals surface area contributed by atoms with E-state index < -0.39 is 0 Å². The van der Waals surface area contributed by atoms with E-state index in [4.69, 9.17) is 4.74 Å². The van der Waals surface area contributed by atoms with Crippen molar-refractivity contribution in [3.63, 3.8) is 0 Å². The molecular weight excluding hydrogens is 314 g/mol. The Hall–Kier alpha value is -2.57. The van der Waals surface area contributed by atoms with E-state index in [-0.39, 0.29) is 6.10 Å². The van der Waals surface area contributed by atoms with Gasteiger partial charge in [0.05, 0.1) is 12.1 Å². The molecule has 1 saturated heterocycles. The van der Waals surface area contributed by atoms with Crippen LogP contribution in [0, 0.1) is 0 Å². The van der Waals surface area contributed by atoms with Gasteiger partial charge in [0.15, 0.2) is 0 Å². The van der Waals surface area contributed by atoms with Crippen LogP contribution in [0.5, 0.6) is 0 Å². The Balaban J connectivity index is 1.50. The van der Waals surface area contributed by atoms with Gasteiger partial charge in [0, 0.05) is 50.7 Å². The average Bonchev–Trinajstić information content (AvgIpc) is 2.68. The minimum atomic E-state index is -0.0629. The van der Waals surface area contributed by atoms with Gasteiger partial charge in [0.25, 0.3) is 0 Å². The lowest BCUT2D eigenvalue weighted by Gasteiger charge is -2.33. The van der Waals surface area contributed by atoms with Crippen LogP contribution in [0.4, 0.5) is 5.82 Å². The SMILES string of the molecule is CNc1nccnc1[C@H]1CN(Cc2ccc3ncccc3c2)CCO1. The summed E-state index contributed by atoms with van der Waals surface area (Å²) in [5.74, 6) is 0.783. The monoisotopic (exact) mass is 335 g/mol. The van der Waals surface area contributed by atoms with Crippen molar-refractivity contribution >= 4 is 16.7 Å². The molecule has 2 aromatic heterocycles. The van der Waals surface area contributed by atoms with Gasteiger partial charge in [0.2, 0.25) is 0 Å². The van der Waals surface area contributed by atoms with Gasteiger partial charge in [-0.2, -0.15) is 0 Å². The van der Waals surface area contributed by atoms with Crippen molar-refractivity contribution in [1.82, 2.24) is 19.9 Å². The molecule has 0 amide bonds. The third kappa shape index (κ3) is 3.45. The number of aromatic nitrogens is 3. The quantitative estimate of drug-likeness (QED) is 0.791. The van der Waals surface area contributed by atoms with E-state index in [1.807, 2.05) is 19.3 Å². The predicted molar refractivity (Wildman–Crippen MR) is 97.3 cm³/mol. The molecule has 0 radical (unpaired) electrons. The van der Waals surface area contributed by atoms with Crippen molar-refractivity contribution in [2.75, 3.05) is 32.1 Å². The maximum Gasteiger partial charge on any atom is 0.150 e. The molecule has 1 aliphatic heterocycles. The normalized spacial score (nSPS) is 18.4. The summed E-state index contributed by atoms with van der Waals surface area (Å²) in [5, 5.41) is 4.28. The molecule has 0 saturated carbocycles. The van der Waals surface area contributed by atoms with Gasteiger partial charge in [-0.15, -0.1) is 0 Å². The maximum atomic E-state index is 5.95. The third-order valence-corrected chi connectivity index (χ3v) is 4.49. The fraction of sp³-hybridized carbons (Fsp3) is 0.316. The summed E-state index contributed by atoms with van der Waals surface area (Å²) in [5.41, 5.74) is 3.19. The molecule has 1 fully saturated rings. The van der Waals surface area contributed by atoms with Crippen LogP contribution >= 0.6 is 0 Å². The lowest BCUT2D eigenvalue weighted by molar-refractivity contribution is -0.0347. The highest BCUT2D eigenvalue weighted by Crippen LogP contribution is 2.26. The standard InChI is InChI=1S/C19H21N5O/c1-20-19-18(22-7-8-23-19)17-13-24(9-10-25-17)12-14-4-5-16-15(11-14)3-2-6-21-16/h2-8,11,17H,9-10,12-13H2,1H3,(H,20,23)/t17-/m1/s1. The molecule has 6 heteroatoms. The fourth-order valence-corrected chi connectivity index (χ4v) is 3.27. The Morgan fingerprint density at radius 2 is 2.08 bits per heavy atom. The lowest BCUT2D eigenvalue weighted by atomic mass is 10.1. The van der Waals surface area contributed by atoms with Crippen molar-refractivity contribution in [1.29, 1.82) is 0 Å². The molecular formula is C19H21N5O. The Labute approximate surface area is 146 Å². The topological polar surface area (TPSA) is 63.2 Å². The van der Waals surface area contributed by atoms with Crippen molar-refractivity contribution in [3.05, 3.63) is 60.2 Å². The highest BCUT2D eigenvalue weighted by atomic mass is 16.5. The summed E-state index contributed by atoms with van der Waals surface area (Å²) >= 11 is 0. The Morgan fingerprint density at radius 1 is 1.16 bits per heavy atom. The van der Waals surface area contributed by atoms with Crippen LogP contribution in [0.3, 0.4) is 0 Å². The van der Waals surface area contributed by atoms with E-state index in [0.29, 0.717) is 6.61 Å². The maximum absolute atomic E-state index is 5.95. The summed E-state index contributed by atoms with van der Waals surface area (Å²) in [4.78, 5) is 15.6. The smallest absolute Gasteiger partial charge is 0.150 e. The van der Waals surface area contributed by atoms with Crippen molar-refractivity contribution in [3.8, 4) is 0 Å². The van der Waals surface area contributed by atoms with Crippen molar-refractivity contribution < 1.29 is 4.74 Å². The predicted octanol–water partition coefficient (Wildman–Crippen LogP) is 2.64. The third-order valence-electron chi connectivity index (χ3n) is 4.49. The number of morpholine rings is 1. The Bertz CT molecular complexity index is 869. The lowest BCUT2D eigenvalue weighted by Crippen LogP contribution is -2.38. The van der Waals surface area contributed by atoms with Crippen LogP contribution in [-0.2, 0) is 11.3 Å². The van der Waals surface area contributed by atoms with Gasteiger partial charge in [-0.1, -0.05) is 12.1 Å². The minimum Gasteiger partial charge on any atom is -0.372 e. The van der Waals surface area contributed by atoms with Crippen LogP contribution in [0.15, 0.2) is 48.9 Å². The highest BCUT2D eigenvalue weighted by molar-refractivity contribution is 5.78. The molecule has 0 spiro atoms. The van der Waals surface area contributed by atoms with E-state index in [2.05, 4.69) is 49.4 Å². The van der Waals surface area contributed by atoms with Gasteiger partial charge in [-0.05, 0) is 23.8 Å². The van der Waals surface area contributed by atoms with Crippen LogP contribution in [-0.4, -0.2) is 46.6 Å². The molecule has 3 heterocycles. The molecule has 0 unspecified atom stereocenters. The average molecular weight is 335 g/mol. The molecule has 6 nitrogen and oxygen atoms in total. The number of rotatable bonds is 4. The van der Waals surface area contributed by atoms with Crippen LogP contribution < -0.4 is 5.32 Å². The fourth-order valence-electron chi connectivity index (χ4n) is 3.27. The number of ether oxygens (including phenoxy) is 1. The highest BCUT2D eigenvalue weighted by Gasteiger charge is 2.25. The molecule has 0 aliphatic carbocycles. The van der Waals surface area contributed by atoms with Gasteiger partial charge >= 0.3 is 0 Å². The molecule has 0 bridgehead atoms. The number of nitrogens with zero attached hydrogens (tertiary/aromatic N) is 4. The van der Waals surface area contributed by atoms with Gasteiger partial charge < -0.3 is 10.1 Å². The summed E-state index contributed by atoms with van der Waals surface area (Å²) in [6.07, 6.45) is 5.18. The van der Waals surface area contributed by atoms with Crippen LogP contribution in [0.1, 0.15) is 17.4 Å². The largest absolute Gasteiger partial charge is 0.372 e. The molecule has 25 heavy (non-hydrogen) atoms. The molecule has 1 atom stereocenters. The summed E-state index contributed by atoms with van der Waals surface area (Å²) < 4.78 is 5.95. The van der Waals surface area contributed by atoms with Gasteiger partial charge in [-0.3, -0.25) is 14.9 Å². The summed E-state index contributed by atoms with van der Waals surface area (Å²) in [6, 6.07) is 10.5. The molecule has 3 aromatic rings. The van der Waals surface area contributed by atoms with Crippen molar-refractivity contribution in [2.45, 2.75) is 12.6 Å². The number of benzene rings is 1. The van der Waals surface area contributed by atoms with E-state index in [9.17, 15) is 0 Å². The van der Waals surface area contributed by atoms with Crippen LogP contribution in [0.2, 0.25) is 0 Å². The summed E-state index contributed by atoms with van der Waals surface area (Å²) in [6.45, 7) is 3.30.